The van der Waals surface area contributed by atoms with Crippen molar-refractivity contribution >= 4 is 17.3 Å². The largest absolute Gasteiger partial charge is 0.399 e. The van der Waals surface area contributed by atoms with Crippen LogP contribution in [0.25, 0.3) is 22.8 Å². The normalized spacial score (nSPS) is 10.7. The summed E-state index contributed by atoms with van der Waals surface area (Å²) in [6.07, 6.45) is 0. The molecular weight excluding hydrogens is 281 g/mol. The molecule has 0 fully saturated rings. The second kappa shape index (κ2) is 4.94. The van der Waals surface area contributed by atoms with E-state index in [0.29, 0.717) is 27.7 Å². The number of benzene rings is 2. The van der Waals surface area contributed by atoms with Crippen LogP contribution in [0.5, 0.6) is 0 Å². The fraction of sp³-hybridized carbons (Fsp3) is 0. The first kappa shape index (κ1) is 12.6. The van der Waals surface area contributed by atoms with Crippen LogP contribution in [0.15, 0.2) is 47.0 Å². The Bertz CT molecular complexity index is 755. The molecule has 20 heavy (non-hydrogen) atoms. The van der Waals surface area contributed by atoms with Gasteiger partial charge in [0.2, 0.25) is 5.82 Å². The maximum Gasteiger partial charge on any atom is 0.259 e. The molecule has 100 valence electrons. The van der Waals surface area contributed by atoms with Gasteiger partial charge in [-0.15, -0.1) is 0 Å². The van der Waals surface area contributed by atoms with Gasteiger partial charge in [-0.25, -0.2) is 4.39 Å². The maximum absolute atomic E-state index is 12.9. The molecule has 0 saturated carbocycles. The minimum Gasteiger partial charge on any atom is -0.399 e. The molecule has 0 unspecified atom stereocenters. The molecule has 0 aliphatic heterocycles. The molecule has 0 atom stereocenters. The van der Waals surface area contributed by atoms with Crippen LogP contribution in [0.3, 0.4) is 0 Å². The molecule has 2 aromatic carbocycles. The zero-order valence-corrected chi connectivity index (χ0v) is 10.9. The molecular formula is C14H9ClFN3O. The third-order valence-electron chi connectivity index (χ3n) is 2.75. The molecule has 0 spiro atoms. The summed E-state index contributed by atoms with van der Waals surface area (Å²) in [5.41, 5.74) is 7.47. The number of halogens is 2. The minimum absolute atomic E-state index is 0.265. The third kappa shape index (κ3) is 2.35. The van der Waals surface area contributed by atoms with Crippen molar-refractivity contribution in [2.75, 3.05) is 5.73 Å². The van der Waals surface area contributed by atoms with Crippen molar-refractivity contribution in [3.8, 4) is 22.8 Å². The van der Waals surface area contributed by atoms with Gasteiger partial charge in [0.25, 0.3) is 5.89 Å². The van der Waals surface area contributed by atoms with E-state index in [2.05, 4.69) is 10.1 Å². The van der Waals surface area contributed by atoms with Crippen LogP contribution >= 0.6 is 11.6 Å². The smallest absolute Gasteiger partial charge is 0.259 e. The van der Waals surface area contributed by atoms with E-state index in [9.17, 15) is 4.39 Å². The molecule has 0 amide bonds. The Morgan fingerprint density at radius 3 is 2.60 bits per heavy atom. The second-order valence-electron chi connectivity index (χ2n) is 4.17. The molecule has 1 aromatic heterocycles. The summed E-state index contributed by atoms with van der Waals surface area (Å²) in [6, 6.07) is 10.8. The highest BCUT2D eigenvalue weighted by Crippen LogP contribution is 2.30. The summed E-state index contributed by atoms with van der Waals surface area (Å²) in [5, 5.41) is 4.32. The number of aromatic nitrogens is 2. The Morgan fingerprint density at radius 1 is 1.10 bits per heavy atom. The van der Waals surface area contributed by atoms with Crippen molar-refractivity contribution < 1.29 is 8.91 Å². The predicted molar refractivity (Wildman–Crippen MR) is 74.6 cm³/mol. The first-order valence-corrected chi connectivity index (χ1v) is 6.16. The van der Waals surface area contributed by atoms with Crippen LogP contribution < -0.4 is 5.73 Å². The van der Waals surface area contributed by atoms with E-state index in [1.165, 1.54) is 12.1 Å². The number of hydrogen-bond donors (Lipinski definition) is 1. The fourth-order valence-corrected chi connectivity index (χ4v) is 1.95. The van der Waals surface area contributed by atoms with E-state index in [1.807, 2.05) is 0 Å². The minimum atomic E-state index is -0.323. The van der Waals surface area contributed by atoms with Gasteiger partial charge in [0.15, 0.2) is 0 Å². The third-order valence-corrected chi connectivity index (χ3v) is 3.08. The van der Waals surface area contributed by atoms with Gasteiger partial charge >= 0.3 is 0 Å². The molecule has 0 saturated heterocycles. The highest BCUT2D eigenvalue weighted by Gasteiger charge is 2.13. The number of nitrogen functional groups attached to an aromatic ring is 1. The average molecular weight is 290 g/mol. The number of nitrogens with zero attached hydrogens (tertiary/aromatic N) is 2. The highest BCUT2D eigenvalue weighted by molar-refractivity contribution is 6.33. The zero-order chi connectivity index (χ0) is 14.1. The lowest BCUT2D eigenvalue weighted by Gasteiger charge is -1.99. The van der Waals surface area contributed by atoms with Gasteiger partial charge in [0.05, 0.1) is 10.6 Å². The van der Waals surface area contributed by atoms with Crippen molar-refractivity contribution in [3.63, 3.8) is 0 Å². The van der Waals surface area contributed by atoms with Gasteiger partial charge in [-0.05, 0) is 42.5 Å². The van der Waals surface area contributed by atoms with Gasteiger partial charge in [-0.3, -0.25) is 0 Å². The lowest BCUT2D eigenvalue weighted by molar-refractivity contribution is 0.432. The first-order valence-electron chi connectivity index (χ1n) is 5.78. The molecule has 3 aromatic rings. The summed E-state index contributed by atoms with van der Waals surface area (Å²) in [4.78, 5) is 4.24. The monoisotopic (exact) mass is 289 g/mol. The van der Waals surface area contributed by atoms with Crippen LogP contribution in [-0.4, -0.2) is 10.1 Å². The van der Waals surface area contributed by atoms with Crippen LogP contribution in [0.2, 0.25) is 5.02 Å². The summed E-state index contributed by atoms with van der Waals surface area (Å²) >= 11 is 6.07. The van der Waals surface area contributed by atoms with Gasteiger partial charge in [0.1, 0.15) is 5.82 Å². The van der Waals surface area contributed by atoms with E-state index >= 15 is 0 Å². The van der Waals surface area contributed by atoms with Crippen LogP contribution in [0.4, 0.5) is 10.1 Å². The Hall–Kier alpha value is -2.40. The predicted octanol–water partition coefficient (Wildman–Crippen LogP) is 3.78. The molecule has 0 aliphatic rings. The number of anilines is 1. The number of rotatable bonds is 2. The number of nitrogens with two attached hydrogens (primary N) is 1. The Balaban J connectivity index is 2.01. The van der Waals surface area contributed by atoms with Crippen LogP contribution in [-0.2, 0) is 0 Å². The lowest BCUT2D eigenvalue weighted by Crippen LogP contribution is -1.87. The van der Waals surface area contributed by atoms with Crippen LogP contribution in [0.1, 0.15) is 0 Å². The van der Waals surface area contributed by atoms with Gasteiger partial charge in [0, 0.05) is 11.3 Å². The summed E-state index contributed by atoms with van der Waals surface area (Å²) < 4.78 is 18.1. The van der Waals surface area contributed by atoms with Crippen molar-refractivity contribution in [1.82, 2.24) is 10.1 Å². The molecule has 3 rings (SSSR count). The van der Waals surface area contributed by atoms with E-state index in [-0.39, 0.29) is 11.7 Å². The van der Waals surface area contributed by atoms with E-state index in [0.717, 1.165) is 0 Å². The van der Waals surface area contributed by atoms with Crippen molar-refractivity contribution in [2.45, 2.75) is 0 Å². The SMILES string of the molecule is Nc1ccc(Cl)c(-c2nc(-c3ccc(F)cc3)no2)c1. The Labute approximate surface area is 119 Å². The zero-order valence-electron chi connectivity index (χ0n) is 10.2. The summed E-state index contributed by atoms with van der Waals surface area (Å²) in [5.74, 6) is 0.302. The lowest BCUT2D eigenvalue weighted by atomic mass is 10.2. The first-order chi connectivity index (χ1) is 9.63. The van der Waals surface area contributed by atoms with Gasteiger partial charge in [-0.1, -0.05) is 16.8 Å². The molecule has 0 radical (unpaired) electrons. The molecule has 0 aliphatic carbocycles. The molecule has 0 bridgehead atoms. The Morgan fingerprint density at radius 2 is 1.85 bits per heavy atom. The Kier molecular flexibility index (Phi) is 3.12. The van der Waals surface area contributed by atoms with Crippen molar-refractivity contribution in [1.29, 1.82) is 0 Å². The second-order valence-corrected chi connectivity index (χ2v) is 4.58. The summed E-state index contributed by atoms with van der Waals surface area (Å²) in [7, 11) is 0. The molecule has 6 heteroatoms. The molecule has 1 heterocycles. The topological polar surface area (TPSA) is 64.9 Å². The fourth-order valence-electron chi connectivity index (χ4n) is 1.76. The van der Waals surface area contributed by atoms with Gasteiger partial charge in [-0.2, -0.15) is 4.98 Å². The van der Waals surface area contributed by atoms with Crippen molar-refractivity contribution in [3.05, 3.63) is 53.3 Å². The average Bonchev–Trinajstić information content (AvgIpc) is 2.92. The van der Waals surface area contributed by atoms with E-state index < -0.39 is 0 Å². The molecule has 2 N–H and O–H groups in total. The van der Waals surface area contributed by atoms with E-state index in [1.54, 1.807) is 30.3 Å². The number of hydrogen-bond acceptors (Lipinski definition) is 4. The highest BCUT2D eigenvalue weighted by atomic mass is 35.5. The van der Waals surface area contributed by atoms with Gasteiger partial charge < -0.3 is 10.3 Å². The standard InChI is InChI=1S/C14H9ClFN3O/c15-12-6-5-10(17)7-11(12)14-18-13(19-20-14)8-1-3-9(16)4-2-8/h1-7H,17H2. The summed E-state index contributed by atoms with van der Waals surface area (Å²) in [6.45, 7) is 0. The molecule has 4 nitrogen and oxygen atoms in total. The van der Waals surface area contributed by atoms with E-state index in [4.69, 9.17) is 21.9 Å². The van der Waals surface area contributed by atoms with Crippen LogP contribution in [0, 0.1) is 5.82 Å². The van der Waals surface area contributed by atoms with Crippen molar-refractivity contribution in [2.24, 2.45) is 0 Å². The maximum atomic E-state index is 12.9. The quantitative estimate of drug-likeness (QED) is 0.729.